The number of amides is 1. The molecule has 1 amide bonds. The number of pyridine rings is 1. The number of likely N-dealkylation sites (N-methyl/N-ethyl adjacent to an activating group) is 1. The lowest BCUT2D eigenvalue weighted by molar-refractivity contribution is -0.129. The summed E-state index contributed by atoms with van der Waals surface area (Å²) in [6, 6.07) is 15.2. The van der Waals surface area contributed by atoms with Crippen molar-refractivity contribution in [1.82, 2.24) is 14.8 Å². The second-order valence-corrected chi connectivity index (χ2v) is 8.61. The average molecular weight is 428 g/mol. The minimum absolute atomic E-state index is 0.0627. The molecule has 1 fully saturated rings. The van der Waals surface area contributed by atoms with Crippen LogP contribution in [0.3, 0.4) is 0 Å². The topological polar surface area (TPSA) is 56.4 Å². The molecule has 4 rings (SSSR count). The molecular formula is C22H22ClN3O2S. The van der Waals surface area contributed by atoms with Crippen LogP contribution in [0, 0.1) is 0 Å². The van der Waals surface area contributed by atoms with E-state index in [4.69, 9.17) is 11.6 Å². The van der Waals surface area contributed by atoms with Crippen LogP contribution in [-0.4, -0.2) is 59.7 Å². The van der Waals surface area contributed by atoms with E-state index >= 15 is 0 Å². The lowest BCUT2D eigenvalue weighted by Crippen LogP contribution is -2.47. The molecule has 2 aromatic carbocycles. The number of aromatic nitrogens is 1. The molecule has 0 radical (unpaired) electrons. The quantitative estimate of drug-likeness (QED) is 0.645. The minimum Gasteiger partial charge on any atom is -0.339 e. The lowest BCUT2D eigenvalue weighted by Gasteiger charge is -2.32. The fraction of sp³-hybridized carbons (Fsp3) is 0.273. The highest BCUT2D eigenvalue weighted by Crippen LogP contribution is 2.35. The third-order valence-electron chi connectivity index (χ3n) is 5.19. The molecule has 1 aliphatic rings. The van der Waals surface area contributed by atoms with Crippen LogP contribution in [0.4, 0.5) is 0 Å². The predicted octanol–water partition coefficient (Wildman–Crippen LogP) is 3.71. The molecule has 3 aromatic rings. The first-order valence-electron chi connectivity index (χ1n) is 9.53. The molecule has 0 bridgehead atoms. The van der Waals surface area contributed by atoms with Crippen LogP contribution >= 0.6 is 23.4 Å². The molecule has 5 nitrogen and oxygen atoms in total. The number of hydrogen-bond acceptors (Lipinski definition) is 4. The number of thioether (sulfide) groups is 1. The zero-order valence-electron chi connectivity index (χ0n) is 16.2. The zero-order valence-corrected chi connectivity index (χ0v) is 17.7. The average Bonchev–Trinajstić information content (AvgIpc) is 2.73. The Labute approximate surface area is 178 Å². The van der Waals surface area contributed by atoms with Crippen LogP contribution in [0.25, 0.3) is 22.0 Å². The fourth-order valence-corrected chi connectivity index (χ4v) is 4.73. The van der Waals surface area contributed by atoms with Gasteiger partial charge in [0.1, 0.15) is 0 Å². The van der Waals surface area contributed by atoms with Crippen molar-refractivity contribution >= 4 is 40.2 Å². The van der Waals surface area contributed by atoms with Crippen molar-refractivity contribution < 1.29 is 4.79 Å². The van der Waals surface area contributed by atoms with Gasteiger partial charge in [-0.25, -0.2) is 0 Å². The molecule has 29 heavy (non-hydrogen) atoms. The smallest absolute Gasteiger partial charge is 0.262 e. The Morgan fingerprint density at radius 2 is 1.83 bits per heavy atom. The molecule has 0 aliphatic carbocycles. The van der Waals surface area contributed by atoms with Gasteiger partial charge in [0.05, 0.1) is 10.6 Å². The highest BCUT2D eigenvalue weighted by Gasteiger charge is 2.21. The second kappa shape index (κ2) is 8.61. The van der Waals surface area contributed by atoms with Crippen LogP contribution in [0.1, 0.15) is 0 Å². The highest BCUT2D eigenvalue weighted by molar-refractivity contribution is 8.00. The van der Waals surface area contributed by atoms with Gasteiger partial charge in [0.25, 0.3) is 5.56 Å². The van der Waals surface area contributed by atoms with Crippen LogP contribution in [-0.2, 0) is 4.79 Å². The number of nitrogens with zero attached hydrogens (tertiary/aromatic N) is 2. The summed E-state index contributed by atoms with van der Waals surface area (Å²) in [7, 11) is 2.06. The first kappa shape index (κ1) is 20.0. The maximum atomic E-state index is 12.9. The van der Waals surface area contributed by atoms with E-state index < -0.39 is 0 Å². The Morgan fingerprint density at radius 1 is 1.10 bits per heavy atom. The molecule has 0 saturated carbocycles. The molecule has 0 spiro atoms. The molecule has 150 valence electrons. The van der Waals surface area contributed by atoms with E-state index in [1.54, 1.807) is 6.07 Å². The Kier molecular flexibility index (Phi) is 5.94. The molecule has 1 aliphatic heterocycles. The first-order valence-corrected chi connectivity index (χ1v) is 10.9. The Bertz CT molecular complexity index is 1090. The van der Waals surface area contributed by atoms with Gasteiger partial charge in [-0.3, -0.25) is 9.59 Å². The number of carbonyl (C=O) groups is 1. The minimum atomic E-state index is -0.185. The van der Waals surface area contributed by atoms with Crippen molar-refractivity contribution in [1.29, 1.82) is 0 Å². The van der Waals surface area contributed by atoms with Crippen molar-refractivity contribution in [2.45, 2.75) is 4.90 Å². The van der Waals surface area contributed by atoms with Gasteiger partial charge in [-0.2, -0.15) is 0 Å². The number of benzene rings is 2. The molecule has 1 aromatic heterocycles. The number of fused-ring (bicyclic) bond motifs is 1. The van der Waals surface area contributed by atoms with E-state index in [9.17, 15) is 9.59 Å². The van der Waals surface area contributed by atoms with E-state index in [-0.39, 0.29) is 17.2 Å². The summed E-state index contributed by atoms with van der Waals surface area (Å²) in [5.41, 5.74) is 2.30. The normalized spacial score (nSPS) is 15.0. The van der Waals surface area contributed by atoms with Gasteiger partial charge in [0.2, 0.25) is 5.91 Å². The van der Waals surface area contributed by atoms with E-state index in [0.717, 1.165) is 48.2 Å². The molecule has 2 heterocycles. The first-order chi connectivity index (χ1) is 14.0. The molecular weight excluding hydrogens is 406 g/mol. The summed E-state index contributed by atoms with van der Waals surface area (Å²) < 4.78 is 0. The SMILES string of the molecule is CN1CCN(C(=O)CSc2c(-c3ccccc3)c3cc(Cl)ccc3[nH]c2=O)CC1. The fourth-order valence-electron chi connectivity index (χ4n) is 3.56. The summed E-state index contributed by atoms with van der Waals surface area (Å²) in [6.45, 7) is 3.21. The number of carbonyl (C=O) groups excluding carboxylic acids is 1. The standard InChI is InChI=1S/C22H22ClN3O2S/c1-25-9-11-26(12-10-25)19(27)14-29-21-20(15-5-3-2-4-6-15)17-13-16(23)7-8-18(17)24-22(21)28/h2-8,13H,9-12,14H2,1H3,(H,24,28). The Balaban J connectivity index is 1.71. The molecule has 1 N–H and O–H groups in total. The molecule has 1 saturated heterocycles. The van der Waals surface area contributed by atoms with Crippen molar-refractivity contribution in [2.75, 3.05) is 39.0 Å². The van der Waals surface area contributed by atoms with Gasteiger partial charge < -0.3 is 14.8 Å². The number of rotatable bonds is 4. The molecule has 0 atom stereocenters. The molecule has 0 unspecified atom stereocenters. The van der Waals surface area contributed by atoms with Gasteiger partial charge >= 0.3 is 0 Å². The molecule has 7 heteroatoms. The number of halogens is 1. The van der Waals surface area contributed by atoms with E-state index in [1.807, 2.05) is 47.4 Å². The number of hydrogen-bond donors (Lipinski definition) is 1. The van der Waals surface area contributed by atoms with Gasteiger partial charge in [0, 0.05) is 47.7 Å². The number of aromatic amines is 1. The Hall–Kier alpha value is -2.28. The maximum Gasteiger partial charge on any atom is 0.262 e. The van der Waals surface area contributed by atoms with Crippen molar-refractivity contribution in [3.63, 3.8) is 0 Å². The summed E-state index contributed by atoms with van der Waals surface area (Å²) in [6.07, 6.45) is 0. The largest absolute Gasteiger partial charge is 0.339 e. The second-order valence-electron chi connectivity index (χ2n) is 7.19. The van der Waals surface area contributed by atoms with Crippen LogP contribution in [0.2, 0.25) is 5.02 Å². The van der Waals surface area contributed by atoms with E-state index in [2.05, 4.69) is 16.9 Å². The third kappa shape index (κ3) is 4.34. The van der Waals surface area contributed by atoms with E-state index in [0.29, 0.717) is 9.92 Å². The van der Waals surface area contributed by atoms with Crippen molar-refractivity contribution in [3.8, 4) is 11.1 Å². The van der Waals surface area contributed by atoms with Crippen molar-refractivity contribution in [2.24, 2.45) is 0 Å². The number of piperazine rings is 1. The summed E-state index contributed by atoms with van der Waals surface area (Å²) in [5.74, 6) is 0.298. The maximum absolute atomic E-state index is 12.9. The van der Waals surface area contributed by atoms with E-state index in [1.165, 1.54) is 11.8 Å². The highest BCUT2D eigenvalue weighted by atomic mass is 35.5. The van der Waals surface area contributed by atoms with Crippen LogP contribution in [0.15, 0.2) is 58.2 Å². The lowest BCUT2D eigenvalue weighted by atomic mass is 10.0. The van der Waals surface area contributed by atoms with Crippen LogP contribution in [0.5, 0.6) is 0 Å². The summed E-state index contributed by atoms with van der Waals surface area (Å²) in [4.78, 5) is 33.2. The van der Waals surface area contributed by atoms with Gasteiger partial charge in [-0.05, 0) is 30.8 Å². The monoisotopic (exact) mass is 427 g/mol. The number of H-pyrrole nitrogens is 1. The van der Waals surface area contributed by atoms with Gasteiger partial charge in [0.15, 0.2) is 0 Å². The van der Waals surface area contributed by atoms with Gasteiger partial charge in [-0.1, -0.05) is 41.9 Å². The van der Waals surface area contributed by atoms with Crippen LogP contribution < -0.4 is 5.56 Å². The summed E-state index contributed by atoms with van der Waals surface area (Å²) >= 11 is 7.55. The van der Waals surface area contributed by atoms with Crippen molar-refractivity contribution in [3.05, 3.63) is 63.9 Å². The third-order valence-corrected chi connectivity index (χ3v) is 6.50. The Morgan fingerprint density at radius 3 is 2.55 bits per heavy atom. The predicted molar refractivity (Wildman–Crippen MR) is 120 cm³/mol. The zero-order chi connectivity index (χ0) is 20.4. The van der Waals surface area contributed by atoms with Gasteiger partial charge in [-0.15, -0.1) is 11.8 Å². The number of nitrogens with one attached hydrogen (secondary N) is 1. The summed E-state index contributed by atoms with van der Waals surface area (Å²) in [5, 5.41) is 1.48.